The lowest BCUT2D eigenvalue weighted by Crippen LogP contribution is -2.44. The first-order valence-corrected chi connectivity index (χ1v) is 9.31. The fourth-order valence-electron chi connectivity index (χ4n) is 3.55. The summed E-state index contributed by atoms with van der Waals surface area (Å²) in [5.41, 5.74) is 5.21. The summed E-state index contributed by atoms with van der Waals surface area (Å²) >= 11 is 0. The van der Waals surface area contributed by atoms with Crippen LogP contribution in [0.4, 0.5) is 11.4 Å². The number of likely N-dealkylation sites (N-methyl/N-ethyl adjacent to an activating group) is 1. The number of fused-ring (bicyclic) bond motifs is 1. The van der Waals surface area contributed by atoms with E-state index < -0.39 is 0 Å². The summed E-state index contributed by atoms with van der Waals surface area (Å²) in [6.45, 7) is 8.10. The first-order valence-electron chi connectivity index (χ1n) is 9.31. The number of imidazole rings is 1. The predicted molar refractivity (Wildman–Crippen MR) is 109 cm³/mol. The maximum atomic E-state index is 12.8. The van der Waals surface area contributed by atoms with Crippen LogP contribution in [0.2, 0.25) is 0 Å². The van der Waals surface area contributed by atoms with Crippen molar-refractivity contribution in [2.24, 2.45) is 0 Å². The van der Waals surface area contributed by atoms with Gasteiger partial charge in [-0.3, -0.25) is 9.20 Å². The Bertz CT molecular complexity index is 968. The topological polar surface area (TPSA) is 52.9 Å². The Morgan fingerprint density at radius 2 is 1.74 bits per heavy atom. The molecule has 0 atom stereocenters. The highest BCUT2D eigenvalue weighted by Crippen LogP contribution is 2.21. The van der Waals surface area contributed by atoms with Gasteiger partial charge in [-0.15, -0.1) is 0 Å². The zero-order chi connectivity index (χ0) is 19.0. The number of hydrogen-bond acceptors (Lipinski definition) is 4. The smallest absolute Gasteiger partial charge is 0.274 e. The monoisotopic (exact) mass is 363 g/mol. The summed E-state index contributed by atoms with van der Waals surface area (Å²) in [6, 6.07) is 12.0. The van der Waals surface area contributed by atoms with Crippen LogP contribution in [0.1, 0.15) is 21.7 Å². The quantitative estimate of drug-likeness (QED) is 0.777. The lowest BCUT2D eigenvalue weighted by atomic mass is 10.2. The molecule has 0 spiro atoms. The third kappa shape index (κ3) is 3.53. The molecule has 2 aromatic heterocycles. The van der Waals surface area contributed by atoms with Crippen LogP contribution in [-0.2, 0) is 0 Å². The van der Waals surface area contributed by atoms with Gasteiger partial charge in [0.05, 0.1) is 5.69 Å². The summed E-state index contributed by atoms with van der Waals surface area (Å²) in [4.78, 5) is 22.1. The van der Waals surface area contributed by atoms with Crippen molar-refractivity contribution in [3.63, 3.8) is 0 Å². The third-order valence-electron chi connectivity index (χ3n) is 5.16. The molecule has 1 N–H and O–H groups in total. The number of piperazine rings is 1. The number of carbonyl (C=O) groups is 1. The number of aromatic nitrogens is 2. The van der Waals surface area contributed by atoms with E-state index in [0.29, 0.717) is 5.69 Å². The van der Waals surface area contributed by atoms with E-state index in [1.807, 2.05) is 48.7 Å². The van der Waals surface area contributed by atoms with Crippen LogP contribution in [0.25, 0.3) is 5.65 Å². The van der Waals surface area contributed by atoms with E-state index in [1.165, 1.54) is 5.69 Å². The summed E-state index contributed by atoms with van der Waals surface area (Å²) in [6.07, 6.45) is 1.90. The minimum Gasteiger partial charge on any atom is -0.369 e. The van der Waals surface area contributed by atoms with Crippen LogP contribution in [-0.4, -0.2) is 53.4 Å². The zero-order valence-corrected chi connectivity index (χ0v) is 16.1. The number of benzene rings is 1. The number of rotatable bonds is 3. The Kier molecular flexibility index (Phi) is 4.58. The number of anilines is 2. The SMILES string of the molecule is Cc1ccn2c(C(=O)Nc3ccc(N4CCN(C)CC4)cc3)c(C)nc2c1. The summed E-state index contributed by atoms with van der Waals surface area (Å²) in [5, 5.41) is 3.00. The number of pyridine rings is 1. The molecule has 27 heavy (non-hydrogen) atoms. The van der Waals surface area contributed by atoms with Gasteiger partial charge in [0.15, 0.2) is 0 Å². The molecule has 1 fully saturated rings. The Labute approximate surface area is 159 Å². The molecular weight excluding hydrogens is 338 g/mol. The van der Waals surface area contributed by atoms with Crippen LogP contribution in [0.3, 0.4) is 0 Å². The van der Waals surface area contributed by atoms with E-state index >= 15 is 0 Å². The second kappa shape index (κ2) is 7.04. The zero-order valence-electron chi connectivity index (χ0n) is 16.1. The molecule has 1 saturated heterocycles. The van der Waals surface area contributed by atoms with E-state index in [4.69, 9.17) is 0 Å². The van der Waals surface area contributed by atoms with Gasteiger partial charge < -0.3 is 15.1 Å². The first kappa shape index (κ1) is 17.5. The fourth-order valence-corrected chi connectivity index (χ4v) is 3.55. The molecule has 3 heterocycles. The number of aryl methyl sites for hydroxylation is 2. The van der Waals surface area contributed by atoms with Gasteiger partial charge in [0.1, 0.15) is 11.3 Å². The predicted octanol–water partition coefficient (Wildman–Crippen LogP) is 2.96. The van der Waals surface area contributed by atoms with Crippen molar-refractivity contribution < 1.29 is 4.79 Å². The molecule has 6 heteroatoms. The Morgan fingerprint density at radius 3 is 2.44 bits per heavy atom. The largest absolute Gasteiger partial charge is 0.369 e. The van der Waals surface area contributed by atoms with Crippen LogP contribution >= 0.6 is 0 Å². The van der Waals surface area contributed by atoms with Crippen molar-refractivity contribution >= 4 is 22.9 Å². The molecule has 0 unspecified atom stereocenters. The molecule has 1 amide bonds. The molecule has 4 rings (SSSR count). The molecule has 1 aromatic carbocycles. The molecule has 0 saturated carbocycles. The molecule has 0 bridgehead atoms. The molecule has 0 radical (unpaired) electrons. The number of nitrogens with zero attached hydrogens (tertiary/aromatic N) is 4. The van der Waals surface area contributed by atoms with Gasteiger partial charge in [0, 0.05) is 43.8 Å². The molecule has 1 aliphatic rings. The van der Waals surface area contributed by atoms with E-state index in [2.05, 4.69) is 39.3 Å². The maximum Gasteiger partial charge on any atom is 0.274 e. The first-order chi connectivity index (χ1) is 13.0. The van der Waals surface area contributed by atoms with Crippen molar-refractivity contribution in [3.05, 3.63) is 59.5 Å². The van der Waals surface area contributed by atoms with Crippen molar-refractivity contribution in [2.45, 2.75) is 13.8 Å². The molecular formula is C21H25N5O. The number of hydrogen-bond donors (Lipinski definition) is 1. The number of carbonyl (C=O) groups excluding carboxylic acids is 1. The third-order valence-corrected chi connectivity index (χ3v) is 5.16. The van der Waals surface area contributed by atoms with Gasteiger partial charge in [-0.2, -0.15) is 0 Å². The second-order valence-corrected chi connectivity index (χ2v) is 7.27. The Morgan fingerprint density at radius 1 is 1.04 bits per heavy atom. The van der Waals surface area contributed by atoms with Crippen molar-refractivity contribution in [1.82, 2.24) is 14.3 Å². The molecule has 140 valence electrons. The highest BCUT2D eigenvalue weighted by molar-refractivity contribution is 6.04. The summed E-state index contributed by atoms with van der Waals surface area (Å²) in [5.74, 6) is -0.142. The minimum atomic E-state index is -0.142. The molecule has 3 aromatic rings. The lowest BCUT2D eigenvalue weighted by Gasteiger charge is -2.34. The Hall–Kier alpha value is -2.86. The molecule has 1 aliphatic heterocycles. The van der Waals surface area contributed by atoms with E-state index in [1.54, 1.807) is 0 Å². The summed E-state index contributed by atoms with van der Waals surface area (Å²) in [7, 11) is 2.15. The molecule has 0 aliphatic carbocycles. The molecule has 6 nitrogen and oxygen atoms in total. The highest BCUT2D eigenvalue weighted by Gasteiger charge is 2.17. The van der Waals surface area contributed by atoms with E-state index in [0.717, 1.165) is 48.8 Å². The average molecular weight is 363 g/mol. The second-order valence-electron chi connectivity index (χ2n) is 7.27. The van der Waals surface area contributed by atoms with Crippen molar-refractivity contribution in [2.75, 3.05) is 43.4 Å². The van der Waals surface area contributed by atoms with Gasteiger partial charge in [-0.05, 0) is 62.9 Å². The summed E-state index contributed by atoms with van der Waals surface area (Å²) < 4.78 is 1.84. The van der Waals surface area contributed by atoms with Crippen molar-refractivity contribution in [1.29, 1.82) is 0 Å². The number of amides is 1. The van der Waals surface area contributed by atoms with Gasteiger partial charge in [-0.1, -0.05) is 0 Å². The number of nitrogens with one attached hydrogen (secondary N) is 1. The highest BCUT2D eigenvalue weighted by atomic mass is 16.2. The average Bonchev–Trinajstić information content (AvgIpc) is 2.98. The van der Waals surface area contributed by atoms with Crippen LogP contribution in [0.5, 0.6) is 0 Å². The van der Waals surface area contributed by atoms with Gasteiger partial charge in [-0.25, -0.2) is 4.98 Å². The Balaban J connectivity index is 1.51. The van der Waals surface area contributed by atoms with E-state index in [-0.39, 0.29) is 5.91 Å². The van der Waals surface area contributed by atoms with Gasteiger partial charge >= 0.3 is 0 Å². The van der Waals surface area contributed by atoms with Crippen LogP contribution in [0, 0.1) is 13.8 Å². The van der Waals surface area contributed by atoms with Gasteiger partial charge in [0.2, 0.25) is 0 Å². The normalized spacial score (nSPS) is 15.3. The lowest BCUT2D eigenvalue weighted by molar-refractivity contribution is 0.102. The van der Waals surface area contributed by atoms with Crippen molar-refractivity contribution in [3.8, 4) is 0 Å². The fraction of sp³-hybridized carbons (Fsp3) is 0.333. The van der Waals surface area contributed by atoms with E-state index in [9.17, 15) is 4.79 Å². The maximum absolute atomic E-state index is 12.8. The van der Waals surface area contributed by atoms with Crippen LogP contribution in [0.15, 0.2) is 42.6 Å². The van der Waals surface area contributed by atoms with Gasteiger partial charge in [0.25, 0.3) is 5.91 Å². The van der Waals surface area contributed by atoms with Crippen LogP contribution < -0.4 is 10.2 Å². The standard InChI is InChI=1S/C21H25N5O/c1-15-8-9-26-19(14-15)22-16(2)20(26)21(27)23-17-4-6-18(7-5-17)25-12-10-24(3)11-13-25/h4-9,14H,10-13H2,1-3H3,(H,23,27). The minimum absolute atomic E-state index is 0.142.